The summed E-state index contributed by atoms with van der Waals surface area (Å²) < 4.78 is 6.12. The Morgan fingerprint density at radius 3 is 2.18 bits per heavy atom. The second-order valence-electron chi connectivity index (χ2n) is 7.37. The molecular weight excluding hydrogens is 268 g/mol. The van der Waals surface area contributed by atoms with Crippen molar-refractivity contribution in [1.29, 1.82) is 0 Å². The zero-order valence-corrected chi connectivity index (χ0v) is 13.3. The van der Waals surface area contributed by atoms with Crippen LogP contribution >= 0.6 is 0 Å². The van der Waals surface area contributed by atoms with E-state index in [1.54, 1.807) is 0 Å². The van der Waals surface area contributed by atoms with Gasteiger partial charge in [-0.2, -0.15) is 0 Å². The maximum absolute atomic E-state index is 6.12. The summed E-state index contributed by atoms with van der Waals surface area (Å²) in [5, 5.41) is 4.90. The molecule has 0 saturated heterocycles. The molecule has 0 bridgehead atoms. The van der Waals surface area contributed by atoms with Gasteiger partial charge in [0.25, 0.3) is 0 Å². The molecule has 1 heteroatoms. The lowest BCUT2D eigenvalue weighted by molar-refractivity contribution is 0.411. The smallest absolute Gasteiger partial charge is 0.136 e. The Morgan fingerprint density at radius 2 is 1.45 bits per heavy atom. The van der Waals surface area contributed by atoms with E-state index in [9.17, 15) is 0 Å². The Bertz CT molecular complexity index is 983. The van der Waals surface area contributed by atoms with E-state index in [0.29, 0.717) is 0 Å². The zero-order valence-electron chi connectivity index (χ0n) is 13.3. The minimum Gasteiger partial charge on any atom is -0.456 e. The summed E-state index contributed by atoms with van der Waals surface area (Å²) in [5.74, 6) is 0. The molecule has 22 heavy (non-hydrogen) atoms. The summed E-state index contributed by atoms with van der Waals surface area (Å²) in [7, 11) is 0. The first-order chi connectivity index (χ1) is 10.5. The van der Waals surface area contributed by atoms with Gasteiger partial charge in [-0.05, 0) is 46.4 Å². The van der Waals surface area contributed by atoms with Crippen molar-refractivity contribution in [1.82, 2.24) is 0 Å². The minimum absolute atomic E-state index is 0.286. The summed E-state index contributed by atoms with van der Waals surface area (Å²) in [6.07, 6.45) is 1.06. The highest BCUT2D eigenvalue weighted by atomic mass is 16.3. The predicted octanol–water partition coefficient (Wildman–Crippen LogP) is 6.33. The van der Waals surface area contributed by atoms with Crippen LogP contribution in [-0.4, -0.2) is 0 Å². The molecule has 0 radical (unpaired) electrons. The Hall–Kier alpha value is -2.28. The van der Waals surface area contributed by atoms with Crippen LogP contribution in [0.15, 0.2) is 59.0 Å². The summed E-state index contributed by atoms with van der Waals surface area (Å²) in [6, 6.07) is 19.5. The van der Waals surface area contributed by atoms with Crippen LogP contribution < -0.4 is 0 Å². The van der Waals surface area contributed by atoms with Gasteiger partial charge in [0.2, 0.25) is 0 Å². The molecule has 1 aromatic heterocycles. The van der Waals surface area contributed by atoms with Crippen LogP contribution in [0, 0.1) is 5.41 Å². The largest absolute Gasteiger partial charge is 0.456 e. The van der Waals surface area contributed by atoms with Crippen LogP contribution in [0.3, 0.4) is 0 Å². The number of fused-ring (bicyclic) bond motifs is 4. The van der Waals surface area contributed by atoms with Crippen molar-refractivity contribution in [2.75, 3.05) is 0 Å². The molecule has 0 amide bonds. The van der Waals surface area contributed by atoms with Crippen LogP contribution in [0.1, 0.15) is 26.3 Å². The average molecular weight is 288 g/mol. The van der Waals surface area contributed by atoms with E-state index in [1.807, 2.05) is 0 Å². The summed E-state index contributed by atoms with van der Waals surface area (Å²) >= 11 is 0. The van der Waals surface area contributed by atoms with Gasteiger partial charge in [-0.25, -0.2) is 0 Å². The molecule has 4 rings (SSSR count). The molecule has 0 unspecified atom stereocenters. The number of rotatable bonds is 1. The van der Waals surface area contributed by atoms with E-state index in [4.69, 9.17) is 4.42 Å². The highest BCUT2D eigenvalue weighted by Gasteiger charge is 2.13. The summed E-state index contributed by atoms with van der Waals surface area (Å²) in [6.45, 7) is 6.80. The molecule has 0 spiro atoms. The molecule has 1 heterocycles. The zero-order chi connectivity index (χ0) is 15.3. The van der Waals surface area contributed by atoms with Crippen molar-refractivity contribution in [3.63, 3.8) is 0 Å². The third-order valence-corrected chi connectivity index (χ3v) is 4.14. The third-order valence-electron chi connectivity index (χ3n) is 4.14. The van der Waals surface area contributed by atoms with E-state index in [1.165, 1.54) is 27.1 Å². The molecule has 1 nitrogen and oxygen atoms in total. The van der Waals surface area contributed by atoms with Crippen molar-refractivity contribution in [2.45, 2.75) is 27.2 Å². The van der Waals surface area contributed by atoms with E-state index in [0.717, 1.165) is 17.6 Å². The van der Waals surface area contributed by atoms with Gasteiger partial charge in [-0.1, -0.05) is 57.2 Å². The summed E-state index contributed by atoms with van der Waals surface area (Å²) in [5.41, 5.74) is 3.59. The second kappa shape index (κ2) is 4.61. The Labute approximate surface area is 130 Å². The maximum Gasteiger partial charge on any atom is 0.136 e. The van der Waals surface area contributed by atoms with Crippen LogP contribution in [0.25, 0.3) is 32.7 Å². The molecule has 0 saturated carbocycles. The quantitative estimate of drug-likeness (QED) is 0.399. The normalized spacial score (nSPS) is 12.5. The topological polar surface area (TPSA) is 13.1 Å². The Morgan fingerprint density at radius 1 is 0.773 bits per heavy atom. The third kappa shape index (κ3) is 2.27. The van der Waals surface area contributed by atoms with Gasteiger partial charge in [0.1, 0.15) is 11.2 Å². The van der Waals surface area contributed by atoms with E-state index in [-0.39, 0.29) is 5.41 Å². The van der Waals surface area contributed by atoms with Crippen molar-refractivity contribution in [3.05, 3.63) is 60.2 Å². The second-order valence-corrected chi connectivity index (χ2v) is 7.37. The van der Waals surface area contributed by atoms with Crippen LogP contribution in [0.5, 0.6) is 0 Å². The van der Waals surface area contributed by atoms with E-state index < -0.39 is 0 Å². The lowest BCUT2D eigenvalue weighted by Gasteiger charge is -2.17. The summed E-state index contributed by atoms with van der Waals surface area (Å²) in [4.78, 5) is 0. The molecule has 3 aromatic carbocycles. The molecule has 0 aliphatic rings. The fraction of sp³-hybridized carbons (Fsp3) is 0.238. The van der Waals surface area contributed by atoms with Crippen molar-refractivity contribution >= 4 is 32.7 Å². The average Bonchev–Trinajstić information content (AvgIpc) is 2.79. The number of hydrogen-bond acceptors (Lipinski definition) is 1. The fourth-order valence-electron chi connectivity index (χ4n) is 3.23. The van der Waals surface area contributed by atoms with Crippen LogP contribution in [0.4, 0.5) is 0 Å². The first-order valence-electron chi connectivity index (χ1n) is 7.84. The molecule has 0 aliphatic heterocycles. The Kier molecular flexibility index (Phi) is 2.80. The number of benzene rings is 3. The van der Waals surface area contributed by atoms with Crippen molar-refractivity contribution in [2.24, 2.45) is 5.41 Å². The molecule has 0 aliphatic carbocycles. The van der Waals surface area contributed by atoms with Gasteiger partial charge in [-0.3, -0.25) is 0 Å². The molecule has 0 fully saturated rings. The van der Waals surface area contributed by atoms with Gasteiger partial charge < -0.3 is 4.42 Å². The highest BCUT2D eigenvalue weighted by Crippen LogP contribution is 2.33. The van der Waals surface area contributed by atoms with Crippen molar-refractivity contribution in [3.8, 4) is 0 Å². The predicted molar refractivity (Wildman–Crippen MR) is 94.4 cm³/mol. The first-order valence-corrected chi connectivity index (χ1v) is 7.84. The molecule has 4 aromatic rings. The molecule has 0 N–H and O–H groups in total. The highest BCUT2D eigenvalue weighted by molar-refractivity contribution is 6.10. The van der Waals surface area contributed by atoms with Gasteiger partial charge in [0.05, 0.1) is 0 Å². The maximum atomic E-state index is 6.12. The lowest BCUT2D eigenvalue weighted by Crippen LogP contribution is -2.08. The number of furan rings is 1. The SMILES string of the molecule is CC(C)(C)Cc1ccc2c(c1)oc1cc3ccccc3cc12. The minimum atomic E-state index is 0.286. The molecule has 0 atom stereocenters. The van der Waals surface area contributed by atoms with Gasteiger partial charge >= 0.3 is 0 Å². The standard InChI is InChI=1S/C21H20O/c1-21(2,3)13-14-8-9-17-18-11-15-6-4-5-7-16(15)12-20(18)22-19(17)10-14/h4-12H,13H2,1-3H3. The monoisotopic (exact) mass is 288 g/mol. The molecular formula is C21H20O. The van der Waals surface area contributed by atoms with E-state index >= 15 is 0 Å². The Balaban J connectivity index is 1.94. The molecule has 110 valence electrons. The van der Waals surface area contributed by atoms with Crippen molar-refractivity contribution < 1.29 is 4.42 Å². The van der Waals surface area contributed by atoms with Crippen LogP contribution in [-0.2, 0) is 6.42 Å². The fourth-order valence-corrected chi connectivity index (χ4v) is 3.23. The van der Waals surface area contributed by atoms with Gasteiger partial charge in [-0.15, -0.1) is 0 Å². The lowest BCUT2D eigenvalue weighted by atomic mass is 9.88. The van der Waals surface area contributed by atoms with Gasteiger partial charge in [0.15, 0.2) is 0 Å². The van der Waals surface area contributed by atoms with Gasteiger partial charge in [0, 0.05) is 10.8 Å². The number of hydrogen-bond donors (Lipinski definition) is 0. The van der Waals surface area contributed by atoms with Crippen LogP contribution in [0.2, 0.25) is 0 Å². The van der Waals surface area contributed by atoms with E-state index in [2.05, 4.69) is 75.4 Å². The first kappa shape index (κ1) is 13.4.